The number of hydrogen-bond acceptors (Lipinski definition) is 3. The Labute approximate surface area is 61.9 Å². The fourth-order valence-electron chi connectivity index (χ4n) is 1.26. The fraction of sp³-hybridized carbons (Fsp3) is 1.00. The van der Waals surface area contributed by atoms with Gasteiger partial charge < -0.3 is 15.8 Å². The minimum Gasteiger partial charge on any atom is -0.358 e. The summed E-state index contributed by atoms with van der Waals surface area (Å²) in [6, 6.07) is 0. The quantitative estimate of drug-likeness (QED) is 0.576. The van der Waals surface area contributed by atoms with E-state index < -0.39 is 0 Å². The molecule has 10 heavy (non-hydrogen) atoms. The molecule has 1 heterocycles. The van der Waals surface area contributed by atoms with Crippen molar-refractivity contribution in [1.82, 2.24) is 5.32 Å². The molecule has 1 rings (SSSR count). The molecule has 0 aliphatic carbocycles. The van der Waals surface area contributed by atoms with E-state index in [2.05, 4.69) is 12.2 Å². The van der Waals surface area contributed by atoms with Crippen LogP contribution in [0.1, 0.15) is 19.8 Å². The first-order chi connectivity index (χ1) is 4.77. The summed E-state index contributed by atoms with van der Waals surface area (Å²) >= 11 is 0. The summed E-state index contributed by atoms with van der Waals surface area (Å²) < 4.78 is 5.42. The monoisotopic (exact) mass is 144 g/mol. The summed E-state index contributed by atoms with van der Waals surface area (Å²) in [5.74, 6) is 0. The van der Waals surface area contributed by atoms with Gasteiger partial charge >= 0.3 is 0 Å². The van der Waals surface area contributed by atoms with E-state index >= 15 is 0 Å². The number of hydrogen-bond donors (Lipinski definition) is 2. The van der Waals surface area contributed by atoms with Gasteiger partial charge in [-0.25, -0.2) is 0 Å². The molecule has 0 aromatic rings. The van der Waals surface area contributed by atoms with Crippen LogP contribution in [-0.4, -0.2) is 25.4 Å². The zero-order valence-corrected chi connectivity index (χ0v) is 6.52. The molecule has 3 heteroatoms. The van der Waals surface area contributed by atoms with Crippen molar-refractivity contribution >= 4 is 0 Å². The predicted octanol–water partition coefficient (Wildman–Crippen LogP) is 0.0613. The third-order valence-corrected chi connectivity index (χ3v) is 1.77. The Hall–Kier alpha value is -0.120. The van der Waals surface area contributed by atoms with Crippen LogP contribution in [0.15, 0.2) is 0 Å². The zero-order chi connectivity index (χ0) is 7.45. The maximum absolute atomic E-state index is 5.88. The van der Waals surface area contributed by atoms with Crippen molar-refractivity contribution in [2.75, 3.05) is 19.7 Å². The highest BCUT2D eigenvalue weighted by Gasteiger charge is 2.26. The Morgan fingerprint density at radius 3 is 3.00 bits per heavy atom. The Balaban J connectivity index is 2.32. The lowest BCUT2D eigenvalue weighted by atomic mass is 10.1. The van der Waals surface area contributed by atoms with Gasteiger partial charge in [0.1, 0.15) is 5.72 Å². The molecule has 3 nitrogen and oxygen atoms in total. The Morgan fingerprint density at radius 1 is 1.70 bits per heavy atom. The van der Waals surface area contributed by atoms with E-state index in [0.717, 1.165) is 32.5 Å². The van der Waals surface area contributed by atoms with E-state index in [1.54, 1.807) is 0 Å². The van der Waals surface area contributed by atoms with Gasteiger partial charge in [-0.15, -0.1) is 0 Å². The highest BCUT2D eigenvalue weighted by molar-refractivity contribution is 4.78. The highest BCUT2D eigenvalue weighted by atomic mass is 16.5. The van der Waals surface area contributed by atoms with Crippen molar-refractivity contribution in [2.45, 2.75) is 25.5 Å². The van der Waals surface area contributed by atoms with Crippen LogP contribution in [0.4, 0.5) is 0 Å². The van der Waals surface area contributed by atoms with Crippen LogP contribution in [0.5, 0.6) is 0 Å². The van der Waals surface area contributed by atoms with Gasteiger partial charge in [-0.3, -0.25) is 0 Å². The first-order valence-corrected chi connectivity index (χ1v) is 3.90. The lowest BCUT2D eigenvalue weighted by Crippen LogP contribution is -2.56. The molecule has 1 aliphatic heterocycles. The predicted molar refractivity (Wildman–Crippen MR) is 40.6 cm³/mol. The van der Waals surface area contributed by atoms with Gasteiger partial charge in [-0.1, -0.05) is 13.3 Å². The summed E-state index contributed by atoms with van der Waals surface area (Å²) in [6.45, 7) is 4.59. The molecule has 1 unspecified atom stereocenters. The van der Waals surface area contributed by atoms with E-state index in [4.69, 9.17) is 10.5 Å². The molecular formula is C7H16N2O. The van der Waals surface area contributed by atoms with E-state index in [9.17, 15) is 0 Å². The molecule has 1 saturated heterocycles. The Morgan fingerprint density at radius 2 is 2.50 bits per heavy atom. The van der Waals surface area contributed by atoms with Crippen molar-refractivity contribution in [3.8, 4) is 0 Å². The molecule has 0 radical (unpaired) electrons. The van der Waals surface area contributed by atoms with Crippen LogP contribution in [0.2, 0.25) is 0 Å². The summed E-state index contributed by atoms with van der Waals surface area (Å²) in [5.41, 5.74) is 5.50. The molecule has 60 valence electrons. The van der Waals surface area contributed by atoms with Crippen molar-refractivity contribution in [2.24, 2.45) is 5.73 Å². The van der Waals surface area contributed by atoms with Gasteiger partial charge in [0.2, 0.25) is 0 Å². The van der Waals surface area contributed by atoms with Gasteiger partial charge in [-0.05, 0) is 6.42 Å². The number of nitrogens with one attached hydrogen (secondary N) is 1. The van der Waals surface area contributed by atoms with E-state index in [1.165, 1.54) is 0 Å². The molecule has 0 bridgehead atoms. The smallest absolute Gasteiger partial charge is 0.129 e. The third kappa shape index (κ3) is 1.94. The first kappa shape index (κ1) is 7.98. The summed E-state index contributed by atoms with van der Waals surface area (Å²) in [5, 5.41) is 3.21. The Bertz CT molecular complexity index is 94.3. The molecule has 0 saturated carbocycles. The average molecular weight is 144 g/mol. The van der Waals surface area contributed by atoms with Gasteiger partial charge in [0.25, 0.3) is 0 Å². The van der Waals surface area contributed by atoms with Gasteiger partial charge in [0.05, 0.1) is 6.61 Å². The topological polar surface area (TPSA) is 47.3 Å². The highest BCUT2D eigenvalue weighted by Crippen LogP contribution is 2.12. The van der Waals surface area contributed by atoms with Crippen molar-refractivity contribution in [3.63, 3.8) is 0 Å². The lowest BCUT2D eigenvalue weighted by molar-refractivity contribution is -0.0671. The van der Waals surface area contributed by atoms with Crippen LogP contribution < -0.4 is 11.1 Å². The number of ether oxygens (including phenoxy) is 1. The van der Waals surface area contributed by atoms with Gasteiger partial charge in [0.15, 0.2) is 0 Å². The second-order valence-electron chi connectivity index (χ2n) is 2.84. The average Bonchev–Trinajstić information content (AvgIpc) is 1.89. The fourth-order valence-corrected chi connectivity index (χ4v) is 1.26. The zero-order valence-electron chi connectivity index (χ0n) is 6.52. The van der Waals surface area contributed by atoms with Gasteiger partial charge in [-0.2, -0.15) is 0 Å². The first-order valence-electron chi connectivity index (χ1n) is 3.90. The van der Waals surface area contributed by atoms with Crippen molar-refractivity contribution < 1.29 is 4.74 Å². The molecule has 0 amide bonds. The van der Waals surface area contributed by atoms with E-state index in [-0.39, 0.29) is 5.72 Å². The molecule has 0 aromatic carbocycles. The number of rotatable bonds is 2. The maximum atomic E-state index is 5.88. The largest absolute Gasteiger partial charge is 0.358 e. The molecule has 3 N–H and O–H groups in total. The number of nitrogens with two attached hydrogens (primary N) is 1. The second kappa shape index (κ2) is 3.32. The van der Waals surface area contributed by atoms with Crippen LogP contribution >= 0.6 is 0 Å². The van der Waals surface area contributed by atoms with Crippen LogP contribution in [0.25, 0.3) is 0 Å². The molecule has 0 spiro atoms. The summed E-state index contributed by atoms with van der Waals surface area (Å²) in [6.07, 6.45) is 2.03. The molecule has 1 aliphatic rings. The Kier molecular flexibility index (Phi) is 2.65. The lowest BCUT2D eigenvalue weighted by Gasteiger charge is -2.33. The minimum atomic E-state index is -0.382. The van der Waals surface area contributed by atoms with Crippen molar-refractivity contribution in [3.05, 3.63) is 0 Å². The van der Waals surface area contributed by atoms with E-state index in [1.807, 2.05) is 0 Å². The van der Waals surface area contributed by atoms with Crippen molar-refractivity contribution in [1.29, 1.82) is 0 Å². The van der Waals surface area contributed by atoms with Crippen LogP contribution in [-0.2, 0) is 4.74 Å². The summed E-state index contributed by atoms with van der Waals surface area (Å²) in [7, 11) is 0. The van der Waals surface area contributed by atoms with Crippen LogP contribution in [0, 0.1) is 0 Å². The van der Waals surface area contributed by atoms with Gasteiger partial charge in [0, 0.05) is 13.1 Å². The third-order valence-electron chi connectivity index (χ3n) is 1.77. The molecular weight excluding hydrogens is 128 g/mol. The van der Waals surface area contributed by atoms with Crippen LogP contribution in [0.3, 0.4) is 0 Å². The summed E-state index contributed by atoms with van der Waals surface area (Å²) in [4.78, 5) is 0. The number of morpholine rings is 1. The SMILES string of the molecule is CCCC1(N)CNCCO1. The normalized spacial score (nSPS) is 34.2. The maximum Gasteiger partial charge on any atom is 0.129 e. The standard InChI is InChI=1S/C7H16N2O/c1-2-3-7(8)6-9-4-5-10-7/h9H,2-6,8H2,1H3. The second-order valence-corrected chi connectivity index (χ2v) is 2.84. The molecule has 1 fully saturated rings. The molecule has 1 atom stereocenters. The van der Waals surface area contributed by atoms with E-state index in [0.29, 0.717) is 0 Å². The minimum absolute atomic E-state index is 0.382. The molecule has 0 aromatic heterocycles.